The lowest BCUT2D eigenvalue weighted by Gasteiger charge is -2.15. The van der Waals surface area contributed by atoms with Crippen LogP contribution < -0.4 is 5.32 Å². The summed E-state index contributed by atoms with van der Waals surface area (Å²) in [6, 6.07) is 3.72. The van der Waals surface area contributed by atoms with Crippen LogP contribution in [-0.4, -0.2) is 35.4 Å². The first-order valence-corrected chi connectivity index (χ1v) is 7.91. The quantitative estimate of drug-likeness (QED) is 0.877. The number of aromatic nitrogens is 1. The van der Waals surface area contributed by atoms with Gasteiger partial charge >= 0.3 is 6.18 Å². The van der Waals surface area contributed by atoms with Gasteiger partial charge in [0, 0.05) is 30.1 Å². The van der Waals surface area contributed by atoms with E-state index in [4.69, 9.17) is 5.11 Å². The van der Waals surface area contributed by atoms with Gasteiger partial charge in [-0.3, -0.25) is 14.8 Å². The lowest BCUT2D eigenvalue weighted by molar-refractivity contribution is -0.137. The fraction of sp³-hybridized carbons (Fsp3) is 0.278. The molecule has 2 heterocycles. The number of aliphatic hydroxyl groups is 1. The molecule has 8 heteroatoms. The van der Waals surface area contributed by atoms with E-state index in [1.54, 1.807) is 13.1 Å². The van der Waals surface area contributed by atoms with E-state index in [1.165, 1.54) is 12.3 Å². The number of nitrogens with zero attached hydrogens (tertiary/aromatic N) is 2. The average Bonchev–Trinajstić information content (AvgIpc) is 3.06. The molecule has 26 heavy (non-hydrogen) atoms. The Labute approximate surface area is 147 Å². The summed E-state index contributed by atoms with van der Waals surface area (Å²) in [5.74, 6) is -0.454. The van der Waals surface area contributed by atoms with E-state index in [0.717, 1.165) is 12.1 Å². The Morgan fingerprint density at radius 2 is 2.04 bits per heavy atom. The van der Waals surface area contributed by atoms with Crippen LogP contribution in [0, 0.1) is 6.92 Å². The first-order chi connectivity index (χ1) is 12.3. The van der Waals surface area contributed by atoms with Gasteiger partial charge in [0.2, 0.25) is 0 Å². The molecule has 136 valence electrons. The zero-order chi connectivity index (χ0) is 18.9. The minimum Gasteiger partial charge on any atom is -0.395 e. The van der Waals surface area contributed by atoms with Gasteiger partial charge in [-0.05, 0) is 41.8 Å². The van der Waals surface area contributed by atoms with E-state index in [-0.39, 0.29) is 25.4 Å². The zero-order valence-electron chi connectivity index (χ0n) is 13.9. The third kappa shape index (κ3) is 3.45. The molecule has 0 saturated carbocycles. The normalized spacial score (nSPS) is 13.0. The number of alkyl halides is 3. The van der Waals surface area contributed by atoms with Gasteiger partial charge in [-0.1, -0.05) is 0 Å². The summed E-state index contributed by atoms with van der Waals surface area (Å²) >= 11 is 0. The minimum absolute atomic E-state index is 0.0961. The number of pyridine rings is 1. The van der Waals surface area contributed by atoms with Crippen LogP contribution in [-0.2, 0) is 12.7 Å². The van der Waals surface area contributed by atoms with Crippen molar-refractivity contribution < 1.29 is 23.1 Å². The second-order valence-corrected chi connectivity index (χ2v) is 5.93. The van der Waals surface area contributed by atoms with E-state index < -0.39 is 17.6 Å². The van der Waals surface area contributed by atoms with Crippen molar-refractivity contribution in [2.75, 3.05) is 13.2 Å². The van der Waals surface area contributed by atoms with Crippen LogP contribution in [0.5, 0.6) is 0 Å². The number of fused-ring (bicyclic) bond motifs is 1. The molecule has 0 spiro atoms. The molecule has 1 aromatic carbocycles. The molecule has 3 rings (SSSR count). The summed E-state index contributed by atoms with van der Waals surface area (Å²) in [5, 5.41) is 11.2. The van der Waals surface area contributed by atoms with Crippen molar-refractivity contribution in [2.24, 2.45) is 4.99 Å². The number of hydrogen-bond acceptors (Lipinski definition) is 4. The molecular formula is C18H16F3N3O2. The number of aliphatic imine (C=N–C) groups is 1. The molecule has 1 aliphatic rings. The number of aryl methyl sites for hydroxylation is 1. The molecule has 0 fully saturated rings. The largest absolute Gasteiger partial charge is 0.416 e. The highest BCUT2D eigenvalue weighted by Crippen LogP contribution is 2.37. The number of nitrogens with one attached hydrogen (secondary N) is 1. The van der Waals surface area contributed by atoms with Crippen molar-refractivity contribution in [3.8, 4) is 11.1 Å². The van der Waals surface area contributed by atoms with Crippen LogP contribution in [0.25, 0.3) is 11.1 Å². The van der Waals surface area contributed by atoms with Gasteiger partial charge in [-0.25, -0.2) is 0 Å². The Morgan fingerprint density at radius 1 is 1.27 bits per heavy atom. The van der Waals surface area contributed by atoms with E-state index in [2.05, 4.69) is 15.3 Å². The molecule has 1 amide bonds. The van der Waals surface area contributed by atoms with E-state index in [0.29, 0.717) is 27.8 Å². The SMILES string of the molecule is Cc1cc(C(=O)NCCO)ncc1-c1cc(C(F)(F)F)cc2c1C=NC2. The first kappa shape index (κ1) is 18.1. The fourth-order valence-corrected chi connectivity index (χ4v) is 2.84. The van der Waals surface area contributed by atoms with Crippen molar-refractivity contribution in [3.63, 3.8) is 0 Å². The Morgan fingerprint density at radius 3 is 2.69 bits per heavy atom. The van der Waals surface area contributed by atoms with Gasteiger partial charge in [-0.15, -0.1) is 0 Å². The highest BCUT2D eigenvalue weighted by atomic mass is 19.4. The van der Waals surface area contributed by atoms with Gasteiger partial charge in [0.25, 0.3) is 5.91 Å². The molecular weight excluding hydrogens is 347 g/mol. The molecule has 5 nitrogen and oxygen atoms in total. The Bertz CT molecular complexity index is 892. The Hall–Kier alpha value is -2.74. The molecule has 0 radical (unpaired) electrons. The number of carbonyl (C=O) groups excluding carboxylic acids is 1. The molecule has 0 atom stereocenters. The summed E-state index contributed by atoms with van der Waals surface area (Å²) in [6.45, 7) is 1.82. The molecule has 2 aromatic rings. The number of carbonyl (C=O) groups is 1. The number of halogens is 3. The van der Waals surface area contributed by atoms with E-state index in [1.807, 2.05) is 0 Å². The Kier molecular flexibility index (Phi) is 4.78. The monoisotopic (exact) mass is 363 g/mol. The number of aliphatic hydroxyl groups excluding tert-OH is 1. The molecule has 2 N–H and O–H groups in total. The average molecular weight is 363 g/mol. The predicted molar refractivity (Wildman–Crippen MR) is 90.1 cm³/mol. The maximum absolute atomic E-state index is 13.2. The van der Waals surface area contributed by atoms with Gasteiger partial charge in [0.15, 0.2) is 0 Å². The van der Waals surface area contributed by atoms with Crippen molar-refractivity contribution in [1.29, 1.82) is 0 Å². The number of hydrogen-bond donors (Lipinski definition) is 2. The van der Waals surface area contributed by atoms with Gasteiger partial charge in [-0.2, -0.15) is 13.2 Å². The second kappa shape index (κ2) is 6.87. The van der Waals surface area contributed by atoms with Crippen LogP contribution in [0.1, 0.15) is 32.7 Å². The van der Waals surface area contributed by atoms with Crippen LogP contribution in [0.3, 0.4) is 0 Å². The number of benzene rings is 1. The minimum atomic E-state index is -4.46. The molecule has 0 saturated heterocycles. The second-order valence-electron chi connectivity index (χ2n) is 5.93. The zero-order valence-corrected chi connectivity index (χ0v) is 13.9. The molecule has 1 aliphatic heterocycles. The maximum Gasteiger partial charge on any atom is 0.416 e. The van der Waals surface area contributed by atoms with Crippen LogP contribution in [0.15, 0.2) is 29.4 Å². The summed E-state index contributed by atoms with van der Waals surface area (Å²) in [7, 11) is 0. The van der Waals surface area contributed by atoms with Gasteiger partial charge < -0.3 is 10.4 Å². The van der Waals surface area contributed by atoms with Crippen molar-refractivity contribution in [2.45, 2.75) is 19.6 Å². The third-order valence-electron chi connectivity index (χ3n) is 4.11. The summed E-state index contributed by atoms with van der Waals surface area (Å²) < 4.78 is 39.6. The third-order valence-corrected chi connectivity index (χ3v) is 4.11. The first-order valence-electron chi connectivity index (χ1n) is 7.91. The van der Waals surface area contributed by atoms with Crippen molar-refractivity contribution in [1.82, 2.24) is 10.3 Å². The van der Waals surface area contributed by atoms with Crippen molar-refractivity contribution in [3.05, 3.63) is 52.3 Å². The summed E-state index contributed by atoms with van der Waals surface area (Å²) in [4.78, 5) is 20.1. The van der Waals surface area contributed by atoms with E-state index in [9.17, 15) is 18.0 Å². The Balaban J connectivity index is 2.05. The predicted octanol–water partition coefficient (Wildman–Crippen LogP) is 2.73. The topological polar surface area (TPSA) is 74.6 Å². The standard InChI is InChI=1S/C18H16F3N3O2/c1-10-4-16(17(26)23-2-3-25)24-9-14(10)13-6-12(18(19,20)21)5-11-7-22-8-15(11)13/h4-6,8-9,25H,2-3,7H2,1H3,(H,23,26). The lowest BCUT2D eigenvalue weighted by atomic mass is 9.92. The van der Waals surface area contributed by atoms with Crippen molar-refractivity contribution >= 4 is 12.1 Å². The van der Waals surface area contributed by atoms with Gasteiger partial charge in [0.05, 0.1) is 18.7 Å². The fourth-order valence-electron chi connectivity index (χ4n) is 2.84. The van der Waals surface area contributed by atoms with Crippen LogP contribution in [0.2, 0.25) is 0 Å². The van der Waals surface area contributed by atoms with Crippen LogP contribution >= 0.6 is 0 Å². The van der Waals surface area contributed by atoms with Crippen LogP contribution in [0.4, 0.5) is 13.2 Å². The molecule has 0 bridgehead atoms. The molecule has 0 aliphatic carbocycles. The smallest absolute Gasteiger partial charge is 0.395 e. The van der Waals surface area contributed by atoms with E-state index >= 15 is 0 Å². The number of amides is 1. The maximum atomic E-state index is 13.2. The number of rotatable bonds is 4. The molecule has 0 unspecified atom stereocenters. The summed E-state index contributed by atoms with van der Waals surface area (Å²) in [5.41, 5.74) is 2.08. The highest BCUT2D eigenvalue weighted by Gasteiger charge is 2.33. The highest BCUT2D eigenvalue weighted by molar-refractivity contribution is 5.96. The van der Waals surface area contributed by atoms with Gasteiger partial charge in [0.1, 0.15) is 5.69 Å². The molecule has 1 aromatic heterocycles. The lowest BCUT2D eigenvalue weighted by Crippen LogP contribution is -2.27. The summed E-state index contributed by atoms with van der Waals surface area (Å²) in [6.07, 6.45) is -1.50.